The van der Waals surface area contributed by atoms with Crippen LogP contribution in [-0.2, 0) is 0 Å². The molecule has 1 aromatic carbocycles. The van der Waals surface area contributed by atoms with Gasteiger partial charge < -0.3 is 10.5 Å². The van der Waals surface area contributed by atoms with Gasteiger partial charge >= 0.3 is 0 Å². The van der Waals surface area contributed by atoms with Crippen LogP contribution < -0.4 is 10.5 Å². The lowest BCUT2D eigenvalue weighted by atomic mass is 9.78. The van der Waals surface area contributed by atoms with Gasteiger partial charge in [-0.25, -0.2) is 0 Å². The lowest BCUT2D eigenvalue weighted by Gasteiger charge is -2.31. The van der Waals surface area contributed by atoms with Crippen molar-refractivity contribution < 1.29 is 4.74 Å². The Bertz CT molecular complexity index is 352. The van der Waals surface area contributed by atoms with E-state index in [0.29, 0.717) is 12.0 Å². The molecule has 2 heteroatoms. The van der Waals surface area contributed by atoms with Gasteiger partial charge in [0, 0.05) is 6.04 Å². The molecule has 0 heterocycles. The molecular weight excluding hydrogens is 198 g/mol. The van der Waals surface area contributed by atoms with E-state index in [9.17, 15) is 0 Å². The van der Waals surface area contributed by atoms with Crippen molar-refractivity contribution in [1.29, 1.82) is 0 Å². The van der Waals surface area contributed by atoms with Crippen LogP contribution in [0.4, 0.5) is 0 Å². The van der Waals surface area contributed by atoms with E-state index >= 15 is 0 Å². The van der Waals surface area contributed by atoms with Crippen molar-refractivity contribution in [1.82, 2.24) is 0 Å². The predicted molar refractivity (Wildman–Crippen MR) is 64.4 cm³/mol. The molecular formula is C14H19NO. The number of benzene rings is 1. The van der Waals surface area contributed by atoms with Gasteiger partial charge in [0.05, 0.1) is 6.10 Å². The van der Waals surface area contributed by atoms with Crippen molar-refractivity contribution in [2.75, 3.05) is 0 Å². The number of ether oxygens (including phenoxy) is 1. The Morgan fingerprint density at radius 1 is 1.06 bits per heavy atom. The molecule has 2 N–H and O–H groups in total. The molecule has 0 saturated heterocycles. The average molecular weight is 217 g/mol. The monoisotopic (exact) mass is 217 g/mol. The summed E-state index contributed by atoms with van der Waals surface area (Å²) in [4.78, 5) is 0. The number of nitrogens with two attached hydrogens (primary N) is 1. The summed E-state index contributed by atoms with van der Waals surface area (Å²) >= 11 is 0. The second kappa shape index (κ2) is 4.10. The molecule has 0 aromatic heterocycles. The molecule has 2 aliphatic rings. The van der Waals surface area contributed by atoms with E-state index in [-0.39, 0.29) is 6.04 Å². The third-order valence-corrected chi connectivity index (χ3v) is 3.75. The summed E-state index contributed by atoms with van der Waals surface area (Å²) < 4.78 is 5.72. The maximum atomic E-state index is 6.22. The zero-order chi connectivity index (χ0) is 11.0. The van der Waals surface area contributed by atoms with Crippen LogP contribution in [-0.4, -0.2) is 6.10 Å². The zero-order valence-corrected chi connectivity index (χ0v) is 9.56. The van der Waals surface area contributed by atoms with Crippen LogP contribution >= 0.6 is 0 Å². The molecule has 0 bridgehead atoms. The smallest absolute Gasteiger partial charge is 0.119 e. The van der Waals surface area contributed by atoms with E-state index < -0.39 is 0 Å². The van der Waals surface area contributed by atoms with E-state index in [4.69, 9.17) is 10.5 Å². The Hall–Kier alpha value is -1.02. The largest absolute Gasteiger partial charge is 0.490 e. The van der Waals surface area contributed by atoms with Gasteiger partial charge in [-0.15, -0.1) is 0 Å². The highest BCUT2D eigenvalue weighted by molar-refractivity contribution is 5.30. The third-order valence-electron chi connectivity index (χ3n) is 3.75. The van der Waals surface area contributed by atoms with Crippen LogP contribution in [0.3, 0.4) is 0 Å². The molecule has 3 rings (SSSR count). The highest BCUT2D eigenvalue weighted by Gasteiger charge is 2.26. The summed E-state index contributed by atoms with van der Waals surface area (Å²) in [5.74, 6) is 1.70. The molecule has 1 atom stereocenters. The minimum atomic E-state index is 0.226. The average Bonchev–Trinajstić information content (AvgIpc) is 3.00. The number of hydrogen-bond donors (Lipinski definition) is 1. The lowest BCUT2D eigenvalue weighted by molar-refractivity contribution is 0.264. The molecule has 2 fully saturated rings. The van der Waals surface area contributed by atoms with Gasteiger partial charge in [-0.05, 0) is 49.3 Å². The summed E-state index contributed by atoms with van der Waals surface area (Å²) in [5.41, 5.74) is 7.48. The van der Waals surface area contributed by atoms with Crippen LogP contribution in [0, 0.1) is 5.92 Å². The van der Waals surface area contributed by atoms with Crippen LogP contribution in [0.1, 0.15) is 43.7 Å². The van der Waals surface area contributed by atoms with E-state index in [1.807, 2.05) is 0 Å². The van der Waals surface area contributed by atoms with Crippen LogP contribution in [0.15, 0.2) is 24.3 Å². The predicted octanol–water partition coefficient (Wildman–Crippen LogP) is 3.03. The van der Waals surface area contributed by atoms with Crippen molar-refractivity contribution in [2.24, 2.45) is 11.7 Å². The van der Waals surface area contributed by atoms with E-state index in [1.54, 1.807) is 0 Å². The summed E-state index contributed by atoms with van der Waals surface area (Å²) in [6.07, 6.45) is 6.84. The van der Waals surface area contributed by atoms with E-state index in [0.717, 1.165) is 5.75 Å². The summed E-state index contributed by atoms with van der Waals surface area (Å²) in [6, 6.07) is 8.60. The molecule has 0 amide bonds. The number of rotatable bonds is 4. The van der Waals surface area contributed by atoms with Crippen LogP contribution in [0.25, 0.3) is 0 Å². The number of hydrogen-bond acceptors (Lipinski definition) is 2. The zero-order valence-electron chi connectivity index (χ0n) is 9.56. The van der Waals surface area contributed by atoms with Gasteiger partial charge in [0.2, 0.25) is 0 Å². The normalized spacial score (nSPS) is 22.6. The highest BCUT2D eigenvalue weighted by Crippen LogP contribution is 2.36. The van der Waals surface area contributed by atoms with Gasteiger partial charge in [0.25, 0.3) is 0 Å². The van der Waals surface area contributed by atoms with Gasteiger partial charge in [-0.1, -0.05) is 18.6 Å². The quantitative estimate of drug-likeness (QED) is 0.841. The fourth-order valence-electron chi connectivity index (χ4n) is 2.22. The molecule has 2 aliphatic carbocycles. The van der Waals surface area contributed by atoms with Crippen molar-refractivity contribution in [3.63, 3.8) is 0 Å². The fourth-order valence-corrected chi connectivity index (χ4v) is 2.22. The van der Waals surface area contributed by atoms with Crippen molar-refractivity contribution in [3.8, 4) is 5.75 Å². The molecule has 86 valence electrons. The van der Waals surface area contributed by atoms with E-state index in [1.165, 1.54) is 37.7 Å². The van der Waals surface area contributed by atoms with Crippen molar-refractivity contribution >= 4 is 0 Å². The second-order valence-electron chi connectivity index (χ2n) is 5.10. The SMILES string of the molecule is NC(c1ccc(OC2CC2)cc1)C1CCC1. The third kappa shape index (κ3) is 2.07. The van der Waals surface area contributed by atoms with Gasteiger partial charge in [-0.3, -0.25) is 0 Å². The minimum Gasteiger partial charge on any atom is -0.490 e. The molecule has 1 unspecified atom stereocenters. The van der Waals surface area contributed by atoms with E-state index in [2.05, 4.69) is 24.3 Å². The molecule has 0 spiro atoms. The fraction of sp³-hybridized carbons (Fsp3) is 0.571. The van der Waals surface area contributed by atoms with Gasteiger partial charge in [-0.2, -0.15) is 0 Å². The molecule has 0 aliphatic heterocycles. The standard InChI is InChI=1S/C14H19NO/c15-14(10-2-1-3-10)11-4-6-12(7-5-11)16-13-8-9-13/h4-7,10,13-14H,1-3,8-9,15H2. The first kappa shape index (κ1) is 10.2. The summed E-state index contributed by atoms with van der Waals surface area (Å²) in [7, 11) is 0. The lowest BCUT2D eigenvalue weighted by Crippen LogP contribution is -2.26. The Labute approximate surface area is 96.8 Å². The first-order valence-electron chi connectivity index (χ1n) is 6.35. The van der Waals surface area contributed by atoms with Gasteiger partial charge in [0.15, 0.2) is 0 Å². The molecule has 16 heavy (non-hydrogen) atoms. The van der Waals surface area contributed by atoms with Crippen LogP contribution in [0.2, 0.25) is 0 Å². The Balaban J connectivity index is 1.65. The first-order chi connectivity index (χ1) is 7.83. The Kier molecular flexibility index (Phi) is 2.60. The second-order valence-corrected chi connectivity index (χ2v) is 5.10. The minimum absolute atomic E-state index is 0.226. The maximum absolute atomic E-state index is 6.22. The first-order valence-corrected chi connectivity index (χ1v) is 6.35. The molecule has 2 nitrogen and oxygen atoms in total. The Morgan fingerprint density at radius 3 is 2.25 bits per heavy atom. The summed E-state index contributed by atoms with van der Waals surface area (Å²) in [6.45, 7) is 0. The molecule has 0 radical (unpaired) electrons. The van der Waals surface area contributed by atoms with Crippen LogP contribution in [0.5, 0.6) is 5.75 Å². The van der Waals surface area contributed by atoms with Crippen molar-refractivity contribution in [3.05, 3.63) is 29.8 Å². The summed E-state index contributed by atoms with van der Waals surface area (Å²) in [5, 5.41) is 0. The maximum Gasteiger partial charge on any atom is 0.119 e. The Morgan fingerprint density at radius 2 is 1.75 bits per heavy atom. The molecule has 2 saturated carbocycles. The highest BCUT2D eigenvalue weighted by atomic mass is 16.5. The van der Waals surface area contributed by atoms with Crippen molar-refractivity contribution in [2.45, 2.75) is 44.2 Å². The molecule has 1 aromatic rings. The van der Waals surface area contributed by atoms with Gasteiger partial charge in [0.1, 0.15) is 5.75 Å². The topological polar surface area (TPSA) is 35.2 Å².